The summed E-state index contributed by atoms with van der Waals surface area (Å²) in [5, 5.41) is 26.3. The lowest BCUT2D eigenvalue weighted by atomic mass is 10.1. The van der Waals surface area contributed by atoms with Gasteiger partial charge in [-0.1, -0.05) is 23.4 Å². The fraction of sp³-hybridized carbons (Fsp3) is 0. The predicted molar refractivity (Wildman–Crippen MR) is 102 cm³/mol. The van der Waals surface area contributed by atoms with E-state index in [4.69, 9.17) is 4.84 Å². The molecule has 1 aliphatic rings. The number of para-hydroxylation sites is 1. The van der Waals surface area contributed by atoms with Crippen LogP contribution < -0.4 is 9.74 Å². The Bertz CT molecular complexity index is 1100. The van der Waals surface area contributed by atoms with E-state index in [0.717, 1.165) is 0 Å². The number of nitro benzene ring substituents is 2. The summed E-state index contributed by atoms with van der Waals surface area (Å²) in [5.74, 6) is 0.717. The summed E-state index contributed by atoms with van der Waals surface area (Å²) in [6.07, 6.45) is 0. The Balaban J connectivity index is 1.86. The Morgan fingerprint density at radius 2 is 1.46 bits per heavy atom. The third-order valence-corrected chi connectivity index (χ3v) is 4.19. The van der Waals surface area contributed by atoms with Gasteiger partial charge in [0, 0.05) is 35.5 Å². The number of non-ortho nitro benzene ring substituents is 2. The predicted octanol–water partition coefficient (Wildman–Crippen LogP) is 4.40. The van der Waals surface area contributed by atoms with Crippen LogP contribution in [0.5, 0.6) is 5.75 Å². The van der Waals surface area contributed by atoms with Crippen LogP contribution in [0.1, 0.15) is 5.56 Å². The minimum absolute atomic E-state index is 0.0524. The third-order valence-electron chi connectivity index (χ3n) is 4.19. The van der Waals surface area contributed by atoms with Crippen LogP contribution in [-0.4, -0.2) is 15.7 Å². The molecular weight excluding hydrogens is 364 g/mol. The largest absolute Gasteiger partial charge is 0.353 e. The average Bonchev–Trinajstić information content (AvgIpc) is 2.73. The first-order valence-corrected chi connectivity index (χ1v) is 8.18. The lowest BCUT2D eigenvalue weighted by molar-refractivity contribution is -0.385. The monoisotopic (exact) mass is 376 g/mol. The summed E-state index contributed by atoms with van der Waals surface area (Å²) < 4.78 is 0. The molecule has 0 aromatic heterocycles. The smallest absolute Gasteiger partial charge is 0.271 e. The van der Waals surface area contributed by atoms with E-state index >= 15 is 0 Å². The van der Waals surface area contributed by atoms with Gasteiger partial charge in [-0.25, -0.2) is 0 Å². The van der Waals surface area contributed by atoms with E-state index in [0.29, 0.717) is 28.5 Å². The zero-order chi connectivity index (χ0) is 19.7. The van der Waals surface area contributed by atoms with Crippen molar-refractivity contribution < 1.29 is 14.7 Å². The van der Waals surface area contributed by atoms with Crippen LogP contribution in [0.15, 0.2) is 78.0 Å². The molecule has 0 N–H and O–H groups in total. The van der Waals surface area contributed by atoms with E-state index in [9.17, 15) is 20.2 Å². The molecule has 0 atom stereocenters. The van der Waals surface area contributed by atoms with E-state index < -0.39 is 9.85 Å². The molecule has 3 aromatic rings. The second kappa shape index (κ2) is 6.80. The molecule has 0 saturated carbocycles. The van der Waals surface area contributed by atoms with E-state index in [1.54, 1.807) is 17.0 Å². The van der Waals surface area contributed by atoms with Crippen molar-refractivity contribution in [3.8, 4) is 5.75 Å². The molecule has 9 heteroatoms. The van der Waals surface area contributed by atoms with Gasteiger partial charge in [0.05, 0.1) is 9.85 Å². The van der Waals surface area contributed by atoms with Crippen molar-refractivity contribution in [1.82, 2.24) is 0 Å². The number of hydrogen-bond donors (Lipinski definition) is 0. The maximum atomic E-state index is 11.2. The molecule has 1 aliphatic heterocycles. The van der Waals surface area contributed by atoms with Crippen molar-refractivity contribution in [2.45, 2.75) is 0 Å². The number of hydrogen-bond acceptors (Lipinski definition) is 7. The molecule has 0 fully saturated rings. The number of nitro groups is 2. The highest BCUT2D eigenvalue weighted by molar-refractivity contribution is 6.15. The van der Waals surface area contributed by atoms with E-state index in [1.807, 2.05) is 30.3 Å². The number of oxime groups is 1. The molecule has 1 heterocycles. The number of nitrogens with zero attached hydrogens (tertiary/aromatic N) is 4. The summed E-state index contributed by atoms with van der Waals surface area (Å²) in [6.45, 7) is 0. The first-order valence-electron chi connectivity index (χ1n) is 8.18. The molecule has 9 nitrogen and oxygen atoms in total. The van der Waals surface area contributed by atoms with Crippen LogP contribution in [0.25, 0.3) is 0 Å². The van der Waals surface area contributed by atoms with Crippen molar-refractivity contribution in [2.24, 2.45) is 5.16 Å². The summed E-state index contributed by atoms with van der Waals surface area (Å²) in [7, 11) is 0. The zero-order valence-electron chi connectivity index (χ0n) is 14.3. The number of amidine groups is 1. The van der Waals surface area contributed by atoms with Crippen LogP contribution in [0, 0.1) is 20.2 Å². The van der Waals surface area contributed by atoms with Gasteiger partial charge < -0.3 is 4.84 Å². The Hall–Kier alpha value is -4.27. The molecule has 0 aliphatic carbocycles. The van der Waals surface area contributed by atoms with Crippen LogP contribution >= 0.6 is 0 Å². The van der Waals surface area contributed by atoms with Gasteiger partial charge in [-0.05, 0) is 30.3 Å². The normalized spacial score (nSPS) is 12.6. The van der Waals surface area contributed by atoms with E-state index in [1.165, 1.54) is 30.3 Å². The molecule has 0 amide bonds. The van der Waals surface area contributed by atoms with Crippen LogP contribution in [-0.2, 0) is 0 Å². The Morgan fingerprint density at radius 3 is 2.11 bits per heavy atom. The lowest BCUT2D eigenvalue weighted by Crippen LogP contribution is -2.30. The van der Waals surface area contributed by atoms with Gasteiger partial charge in [0.15, 0.2) is 11.6 Å². The van der Waals surface area contributed by atoms with Crippen molar-refractivity contribution in [2.75, 3.05) is 4.90 Å². The Kier molecular flexibility index (Phi) is 4.17. The van der Waals surface area contributed by atoms with Crippen molar-refractivity contribution in [3.05, 3.63) is 98.6 Å². The van der Waals surface area contributed by atoms with Crippen molar-refractivity contribution in [3.63, 3.8) is 0 Å². The van der Waals surface area contributed by atoms with Crippen molar-refractivity contribution >= 4 is 28.6 Å². The molecule has 138 valence electrons. The number of benzene rings is 3. The maximum absolute atomic E-state index is 11.2. The van der Waals surface area contributed by atoms with Gasteiger partial charge in [0.2, 0.25) is 0 Å². The minimum Gasteiger partial charge on any atom is -0.353 e. The van der Waals surface area contributed by atoms with Crippen LogP contribution in [0.2, 0.25) is 0 Å². The van der Waals surface area contributed by atoms with Gasteiger partial charge >= 0.3 is 0 Å². The highest BCUT2D eigenvalue weighted by Crippen LogP contribution is 2.40. The molecule has 0 unspecified atom stereocenters. The highest BCUT2D eigenvalue weighted by atomic mass is 16.6. The van der Waals surface area contributed by atoms with Gasteiger partial charge in [0.25, 0.3) is 11.4 Å². The second-order valence-corrected chi connectivity index (χ2v) is 5.89. The first-order chi connectivity index (χ1) is 13.5. The number of rotatable bonds is 4. The average molecular weight is 376 g/mol. The molecule has 0 radical (unpaired) electrons. The molecule has 0 saturated heterocycles. The summed E-state index contributed by atoms with van der Waals surface area (Å²) in [6, 6.07) is 19.2. The highest BCUT2D eigenvalue weighted by Gasteiger charge is 2.28. The molecule has 3 aromatic carbocycles. The first kappa shape index (κ1) is 17.2. The molecule has 0 bridgehead atoms. The van der Waals surface area contributed by atoms with Gasteiger partial charge in [-0.15, -0.1) is 0 Å². The second-order valence-electron chi connectivity index (χ2n) is 5.89. The molecule has 4 rings (SSSR count). The summed E-state index contributed by atoms with van der Waals surface area (Å²) in [4.78, 5) is 28.3. The maximum Gasteiger partial charge on any atom is 0.271 e. The van der Waals surface area contributed by atoms with Gasteiger partial charge in [-0.3, -0.25) is 25.1 Å². The fourth-order valence-corrected chi connectivity index (χ4v) is 2.87. The topological polar surface area (TPSA) is 111 Å². The lowest BCUT2D eigenvalue weighted by Gasteiger charge is -2.30. The molecular formula is C19H12N4O5. The summed E-state index contributed by atoms with van der Waals surface area (Å²) in [5.41, 5.74) is 1.58. The van der Waals surface area contributed by atoms with E-state index in [-0.39, 0.29) is 11.4 Å². The van der Waals surface area contributed by atoms with Crippen LogP contribution in [0.3, 0.4) is 0 Å². The summed E-state index contributed by atoms with van der Waals surface area (Å²) >= 11 is 0. The Morgan fingerprint density at radius 1 is 0.821 bits per heavy atom. The van der Waals surface area contributed by atoms with Gasteiger partial charge in [0.1, 0.15) is 5.69 Å². The number of fused-ring (bicyclic) bond motifs is 1. The zero-order valence-corrected chi connectivity index (χ0v) is 14.3. The molecule has 0 spiro atoms. The standard InChI is InChI=1S/C19H12N4O5/c24-22(25)15-8-6-13(7-9-15)19-20-28-18-11-10-16(23(26)27)12-17(18)21(19)14-4-2-1-3-5-14/h1-12H. The minimum atomic E-state index is -0.489. The quantitative estimate of drug-likeness (QED) is 0.493. The SMILES string of the molecule is O=[N+]([O-])c1ccc(C2=NOc3ccc([N+](=O)[O-])cc3N2c2ccccc2)cc1. The Labute approximate surface area is 158 Å². The van der Waals surface area contributed by atoms with Gasteiger partial charge in [-0.2, -0.15) is 0 Å². The fourth-order valence-electron chi connectivity index (χ4n) is 2.87. The number of anilines is 2. The van der Waals surface area contributed by atoms with E-state index in [2.05, 4.69) is 5.16 Å². The third kappa shape index (κ3) is 3.01. The molecule has 28 heavy (non-hydrogen) atoms. The van der Waals surface area contributed by atoms with Crippen molar-refractivity contribution in [1.29, 1.82) is 0 Å². The van der Waals surface area contributed by atoms with Crippen LogP contribution in [0.4, 0.5) is 22.7 Å².